The number of esters is 1. The summed E-state index contributed by atoms with van der Waals surface area (Å²) < 4.78 is 24.3. The van der Waals surface area contributed by atoms with E-state index in [1.54, 1.807) is 45.6 Å². The van der Waals surface area contributed by atoms with Gasteiger partial charge in [0.15, 0.2) is 16.3 Å². The highest BCUT2D eigenvalue weighted by Gasteiger charge is 2.33. The van der Waals surface area contributed by atoms with Crippen LogP contribution in [0.5, 0.6) is 17.2 Å². The summed E-state index contributed by atoms with van der Waals surface area (Å²) in [6, 6.07) is 12.2. The molecule has 1 atom stereocenters. The number of ether oxygens (including phenoxy) is 4. The van der Waals surface area contributed by atoms with Crippen molar-refractivity contribution < 1.29 is 23.7 Å². The van der Waals surface area contributed by atoms with Gasteiger partial charge < -0.3 is 18.9 Å². The van der Waals surface area contributed by atoms with Crippen molar-refractivity contribution in [2.24, 2.45) is 4.99 Å². The summed E-state index contributed by atoms with van der Waals surface area (Å²) in [5.74, 6) is 1.44. The molecule has 0 aliphatic carbocycles. The van der Waals surface area contributed by atoms with E-state index >= 15 is 0 Å². The van der Waals surface area contributed by atoms with Gasteiger partial charge in [-0.25, -0.2) is 9.79 Å². The molecule has 1 aliphatic rings. The molecule has 1 unspecified atom stereocenters. The lowest BCUT2D eigenvalue weighted by Crippen LogP contribution is -2.40. The van der Waals surface area contributed by atoms with Crippen LogP contribution in [0.15, 0.2) is 63.5 Å². The summed E-state index contributed by atoms with van der Waals surface area (Å²) in [6.45, 7) is 8.07. The summed E-state index contributed by atoms with van der Waals surface area (Å²) in [5.41, 5.74) is 2.15. The van der Waals surface area contributed by atoms with Gasteiger partial charge in [-0.15, -0.1) is 0 Å². The number of allylic oxidation sites excluding steroid dienone is 1. The van der Waals surface area contributed by atoms with E-state index < -0.39 is 12.0 Å². The number of benzene rings is 2. The molecule has 0 saturated heterocycles. The van der Waals surface area contributed by atoms with E-state index in [0.29, 0.717) is 44.5 Å². The van der Waals surface area contributed by atoms with Gasteiger partial charge in [0.2, 0.25) is 0 Å². The van der Waals surface area contributed by atoms with Gasteiger partial charge in [0.1, 0.15) is 5.75 Å². The van der Waals surface area contributed by atoms with Crippen LogP contribution in [0.3, 0.4) is 0 Å². The first-order chi connectivity index (χ1) is 18.8. The number of nitrogens with zero attached hydrogens (tertiary/aromatic N) is 2. The maximum Gasteiger partial charge on any atom is 0.338 e. The van der Waals surface area contributed by atoms with Crippen molar-refractivity contribution in [3.05, 3.63) is 84.5 Å². The van der Waals surface area contributed by atoms with E-state index in [2.05, 4.69) is 11.9 Å². The zero-order chi connectivity index (χ0) is 28.1. The van der Waals surface area contributed by atoms with Crippen LogP contribution < -0.4 is 29.1 Å². The molecule has 4 rings (SSSR count). The summed E-state index contributed by atoms with van der Waals surface area (Å²) in [7, 11) is 3.18. The van der Waals surface area contributed by atoms with Crippen molar-refractivity contribution >= 4 is 23.4 Å². The number of fused-ring (bicyclic) bond motifs is 1. The quantitative estimate of drug-likeness (QED) is 0.275. The molecule has 39 heavy (non-hydrogen) atoms. The first-order valence-corrected chi connectivity index (χ1v) is 13.8. The van der Waals surface area contributed by atoms with Crippen LogP contribution in [0.2, 0.25) is 0 Å². The molecule has 0 radical (unpaired) electrons. The fraction of sp³-hybridized carbons (Fsp3) is 0.367. The van der Waals surface area contributed by atoms with E-state index in [1.807, 2.05) is 42.5 Å². The molecular weight excluding hydrogens is 516 g/mol. The molecule has 0 saturated carbocycles. The Balaban J connectivity index is 1.83. The van der Waals surface area contributed by atoms with E-state index in [0.717, 1.165) is 24.0 Å². The maximum absolute atomic E-state index is 13.8. The average Bonchev–Trinajstić information content (AvgIpc) is 3.22. The molecule has 2 aromatic carbocycles. The zero-order valence-electron chi connectivity index (χ0n) is 23.1. The van der Waals surface area contributed by atoms with Gasteiger partial charge in [-0.2, -0.15) is 0 Å². The normalized spacial score (nSPS) is 15.2. The number of methoxy groups -OCH3 is 2. The Kier molecular flexibility index (Phi) is 8.91. The van der Waals surface area contributed by atoms with E-state index in [4.69, 9.17) is 18.9 Å². The second-order valence-electron chi connectivity index (χ2n) is 9.42. The number of carbonyl (C=O) groups excluding carboxylic acids is 1. The third-order valence-corrected chi connectivity index (χ3v) is 7.24. The fourth-order valence-corrected chi connectivity index (χ4v) is 5.38. The molecule has 9 heteroatoms. The Morgan fingerprint density at radius 3 is 2.49 bits per heavy atom. The van der Waals surface area contributed by atoms with Crippen molar-refractivity contribution in [1.82, 2.24) is 4.57 Å². The average molecular weight is 551 g/mol. The summed E-state index contributed by atoms with van der Waals surface area (Å²) in [4.78, 5) is 32.2. The fourth-order valence-electron chi connectivity index (χ4n) is 4.33. The standard InChI is InChI=1S/C30H34N2O6S/c1-7-8-15-37-23-14-9-20(16-24(23)36-6)17-25-28(33)32-27(21-10-12-22(35-5)13-11-21)26(29(34)38-18(2)3)19(4)31-30(32)39-25/h9-14,16-18,27H,7-8,15H2,1-6H3/b25-17+. The molecule has 206 valence electrons. The molecule has 8 nitrogen and oxygen atoms in total. The third kappa shape index (κ3) is 6.09. The van der Waals surface area contributed by atoms with Crippen LogP contribution in [0, 0.1) is 0 Å². The number of hydrogen-bond donors (Lipinski definition) is 0. The Morgan fingerprint density at radius 1 is 1.10 bits per heavy atom. The molecule has 0 fully saturated rings. The molecule has 0 amide bonds. The monoisotopic (exact) mass is 550 g/mol. The zero-order valence-corrected chi connectivity index (χ0v) is 24.0. The Labute approximate surface area is 231 Å². The Morgan fingerprint density at radius 2 is 1.85 bits per heavy atom. The SMILES string of the molecule is CCCCOc1ccc(/C=c2/sc3n(c2=O)C(c2ccc(OC)cc2)C(C(=O)OC(C)C)=C(C)N=3)cc1OC. The maximum atomic E-state index is 13.8. The minimum Gasteiger partial charge on any atom is -0.497 e. The molecule has 1 aromatic heterocycles. The molecule has 2 heterocycles. The smallest absolute Gasteiger partial charge is 0.338 e. The minimum atomic E-state index is -0.690. The second-order valence-corrected chi connectivity index (χ2v) is 10.4. The van der Waals surface area contributed by atoms with Gasteiger partial charge in [-0.3, -0.25) is 9.36 Å². The first kappa shape index (κ1) is 28.2. The minimum absolute atomic E-state index is 0.246. The van der Waals surface area contributed by atoms with Gasteiger partial charge in [0, 0.05) is 0 Å². The topological polar surface area (TPSA) is 88.4 Å². The number of thiazole rings is 1. The van der Waals surface area contributed by atoms with Crippen molar-refractivity contribution in [2.75, 3.05) is 20.8 Å². The third-order valence-electron chi connectivity index (χ3n) is 6.26. The first-order valence-electron chi connectivity index (χ1n) is 13.0. The number of rotatable bonds is 10. The predicted molar refractivity (Wildman–Crippen MR) is 151 cm³/mol. The molecule has 3 aromatic rings. The molecule has 0 N–H and O–H groups in total. The second kappa shape index (κ2) is 12.3. The van der Waals surface area contributed by atoms with Crippen LogP contribution in [0.25, 0.3) is 6.08 Å². The molecule has 0 bridgehead atoms. The highest BCUT2D eigenvalue weighted by Crippen LogP contribution is 2.32. The highest BCUT2D eigenvalue weighted by atomic mass is 32.1. The number of unbranched alkanes of at least 4 members (excludes halogenated alkanes) is 1. The van der Waals surface area contributed by atoms with Gasteiger partial charge in [0.25, 0.3) is 5.56 Å². The summed E-state index contributed by atoms with van der Waals surface area (Å²) in [6.07, 6.45) is 3.48. The number of carbonyl (C=O) groups is 1. The summed E-state index contributed by atoms with van der Waals surface area (Å²) >= 11 is 1.27. The highest BCUT2D eigenvalue weighted by molar-refractivity contribution is 7.07. The van der Waals surface area contributed by atoms with Crippen LogP contribution >= 0.6 is 11.3 Å². The van der Waals surface area contributed by atoms with Gasteiger partial charge in [0.05, 0.1) is 48.8 Å². The van der Waals surface area contributed by atoms with Crippen molar-refractivity contribution in [3.8, 4) is 17.2 Å². The lowest BCUT2D eigenvalue weighted by molar-refractivity contribution is -0.143. The van der Waals surface area contributed by atoms with Gasteiger partial charge in [-0.05, 0) is 68.7 Å². The number of aromatic nitrogens is 1. The summed E-state index contributed by atoms with van der Waals surface area (Å²) in [5, 5.41) is 0. The van der Waals surface area contributed by atoms with Crippen LogP contribution in [-0.2, 0) is 9.53 Å². The van der Waals surface area contributed by atoms with Crippen molar-refractivity contribution in [1.29, 1.82) is 0 Å². The number of hydrogen-bond acceptors (Lipinski definition) is 8. The predicted octanol–water partition coefficient (Wildman–Crippen LogP) is 4.38. The van der Waals surface area contributed by atoms with Crippen LogP contribution in [0.4, 0.5) is 0 Å². The van der Waals surface area contributed by atoms with E-state index in [-0.39, 0.29) is 11.7 Å². The van der Waals surface area contributed by atoms with Crippen LogP contribution in [-0.4, -0.2) is 37.5 Å². The lowest BCUT2D eigenvalue weighted by atomic mass is 9.96. The van der Waals surface area contributed by atoms with Crippen molar-refractivity contribution in [3.63, 3.8) is 0 Å². The largest absolute Gasteiger partial charge is 0.497 e. The van der Waals surface area contributed by atoms with Crippen LogP contribution in [0.1, 0.15) is 57.7 Å². The van der Waals surface area contributed by atoms with E-state index in [1.165, 1.54) is 11.3 Å². The Bertz CT molecular complexity index is 1550. The van der Waals surface area contributed by atoms with Crippen molar-refractivity contribution in [2.45, 2.75) is 52.7 Å². The molecular formula is C30H34N2O6S. The van der Waals surface area contributed by atoms with Gasteiger partial charge >= 0.3 is 5.97 Å². The lowest BCUT2D eigenvalue weighted by Gasteiger charge is -2.25. The van der Waals surface area contributed by atoms with Gasteiger partial charge in [-0.1, -0.05) is 42.9 Å². The molecule has 0 spiro atoms. The van der Waals surface area contributed by atoms with E-state index in [9.17, 15) is 9.59 Å². The molecule has 1 aliphatic heterocycles. The Hall–Kier alpha value is -3.85.